The van der Waals surface area contributed by atoms with Gasteiger partial charge in [0.15, 0.2) is 0 Å². The Morgan fingerprint density at radius 3 is 1.54 bits per heavy atom. The van der Waals surface area contributed by atoms with Crippen molar-refractivity contribution in [1.82, 2.24) is 19.1 Å². The van der Waals surface area contributed by atoms with Gasteiger partial charge in [0.1, 0.15) is 0 Å². The monoisotopic (exact) mass is 794 g/mol. The molecule has 5 heteroatoms. The molecule has 61 heavy (non-hydrogen) atoms. The van der Waals surface area contributed by atoms with Gasteiger partial charge in [-0.15, -0.1) is 11.3 Å². The minimum atomic E-state index is 0.865. The van der Waals surface area contributed by atoms with Gasteiger partial charge in [0.05, 0.1) is 54.9 Å². The summed E-state index contributed by atoms with van der Waals surface area (Å²) in [6.07, 6.45) is 0. The number of nitrogens with zero attached hydrogens (tertiary/aromatic N) is 4. The molecule has 284 valence electrons. The second kappa shape index (κ2) is 13.3. The molecular weight excluding hydrogens is 761 g/mol. The summed E-state index contributed by atoms with van der Waals surface area (Å²) < 4.78 is 7.53. The minimum Gasteiger partial charge on any atom is -0.309 e. The Balaban J connectivity index is 1.05. The predicted molar refractivity (Wildman–Crippen MR) is 257 cm³/mol. The van der Waals surface area contributed by atoms with E-state index in [4.69, 9.17) is 9.97 Å². The van der Waals surface area contributed by atoms with Crippen LogP contribution >= 0.6 is 11.3 Å². The summed E-state index contributed by atoms with van der Waals surface area (Å²) in [5, 5.41) is 7.45. The first kappa shape index (κ1) is 34.0. The summed E-state index contributed by atoms with van der Waals surface area (Å²) in [5.41, 5.74) is 15.0. The van der Waals surface area contributed by atoms with E-state index in [1.807, 2.05) is 41.7 Å². The number of benzene rings is 9. The second-order valence-corrected chi connectivity index (χ2v) is 16.7. The minimum absolute atomic E-state index is 0.865. The molecule has 13 aromatic rings. The van der Waals surface area contributed by atoms with Crippen molar-refractivity contribution >= 4 is 86.2 Å². The SMILES string of the molecule is c1ccc(-c2nc3ccccc3nc2-c2cccc(-n3c4ccccc4c4cc5c(cc43)c3ccccc3n5-c3cccc4c3sc3c(-c5ccccc5)cccc34)c2)cc1. The van der Waals surface area contributed by atoms with Crippen LogP contribution in [0, 0.1) is 0 Å². The molecule has 0 bridgehead atoms. The number of hydrogen-bond donors (Lipinski definition) is 0. The number of thiophene rings is 1. The molecule has 0 radical (unpaired) electrons. The molecule has 0 saturated heterocycles. The molecule has 0 aliphatic rings. The van der Waals surface area contributed by atoms with Crippen LogP contribution in [0.3, 0.4) is 0 Å². The van der Waals surface area contributed by atoms with Crippen LogP contribution in [0.1, 0.15) is 0 Å². The van der Waals surface area contributed by atoms with E-state index in [1.54, 1.807) is 0 Å². The maximum Gasteiger partial charge on any atom is 0.0973 e. The lowest BCUT2D eigenvalue weighted by molar-refractivity contribution is 1.18. The first-order valence-electron chi connectivity index (χ1n) is 20.7. The summed E-state index contributed by atoms with van der Waals surface area (Å²) in [7, 11) is 0. The number of hydrogen-bond acceptors (Lipinski definition) is 3. The van der Waals surface area contributed by atoms with Crippen molar-refractivity contribution in [1.29, 1.82) is 0 Å². The van der Waals surface area contributed by atoms with Crippen molar-refractivity contribution in [3.63, 3.8) is 0 Å². The highest BCUT2D eigenvalue weighted by Crippen LogP contribution is 2.45. The van der Waals surface area contributed by atoms with Gasteiger partial charge in [-0.25, -0.2) is 9.97 Å². The summed E-state index contributed by atoms with van der Waals surface area (Å²) in [4.78, 5) is 10.4. The molecule has 4 aromatic heterocycles. The van der Waals surface area contributed by atoms with Crippen molar-refractivity contribution in [2.24, 2.45) is 0 Å². The number of para-hydroxylation sites is 4. The summed E-state index contributed by atoms with van der Waals surface area (Å²) in [6, 6.07) is 74.1. The highest BCUT2D eigenvalue weighted by molar-refractivity contribution is 7.26. The van der Waals surface area contributed by atoms with Gasteiger partial charge in [-0.2, -0.15) is 0 Å². The van der Waals surface area contributed by atoms with Crippen LogP contribution < -0.4 is 0 Å². The number of fused-ring (bicyclic) bond motifs is 10. The lowest BCUT2D eigenvalue weighted by Crippen LogP contribution is -1.98. The Morgan fingerprint density at radius 2 is 0.836 bits per heavy atom. The van der Waals surface area contributed by atoms with Gasteiger partial charge in [-0.1, -0.05) is 152 Å². The van der Waals surface area contributed by atoms with Gasteiger partial charge < -0.3 is 9.13 Å². The summed E-state index contributed by atoms with van der Waals surface area (Å²) in [6.45, 7) is 0. The van der Waals surface area contributed by atoms with Gasteiger partial charge >= 0.3 is 0 Å². The molecule has 0 spiro atoms. The van der Waals surface area contributed by atoms with Crippen LogP contribution in [0.2, 0.25) is 0 Å². The Labute approximate surface area is 354 Å². The lowest BCUT2D eigenvalue weighted by atomic mass is 10.0. The quantitative estimate of drug-likeness (QED) is 0.174. The fourth-order valence-electron chi connectivity index (χ4n) is 9.59. The molecule has 4 heterocycles. The smallest absolute Gasteiger partial charge is 0.0973 e. The largest absolute Gasteiger partial charge is 0.309 e. The van der Waals surface area contributed by atoms with E-state index in [-0.39, 0.29) is 0 Å². The standard InChI is InChI=1S/C56H34N4S/c1-3-16-35(17-4-1)39-24-14-25-42-43-26-15-31-50(56(43)61-55(39)42)60-49-30-12-8-23-41(49)45-33-51-44(34-52(45)60)40-22-7-11-29-48(40)59(51)38-21-13-20-37(32-38)54-53(36-18-5-2-6-19-36)57-46-27-9-10-28-47(46)58-54/h1-34H. The van der Waals surface area contributed by atoms with Crippen LogP contribution in [0.25, 0.3) is 120 Å². The van der Waals surface area contributed by atoms with Crippen LogP contribution in [0.15, 0.2) is 206 Å². The highest BCUT2D eigenvalue weighted by Gasteiger charge is 2.22. The Morgan fingerprint density at radius 1 is 0.328 bits per heavy atom. The average Bonchev–Trinajstić information content (AvgIpc) is 3.98. The van der Waals surface area contributed by atoms with Crippen molar-refractivity contribution in [3.05, 3.63) is 206 Å². The van der Waals surface area contributed by atoms with E-state index < -0.39 is 0 Å². The van der Waals surface area contributed by atoms with Crippen molar-refractivity contribution in [2.45, 2.75) is 0 Å². The molecule has 0 fully saturated rings. The van der Waals surface area contributed by atoms with Gasteiger partial charge in [0.25, 0.3) is 0 Å². The fraction of sp³-hybridized carbons (Fsp3) is 0. The lowest BCUT2D eigenvalue weighted by Gasteiger charge is -2.13. The molecule has 0 amide bonds. The van der Waals surface area contributed by atoms with Gasteiger partial charge in [-0.05, 0) is 65.7 Å². The van der Waals surface area contributed by atoms with Crippen LogP contribution in [0.5, 0.6) is 0 Å². The van der Waals surface area contributed by atoms with Crippen LogP contribution in [-0.2, 0) is 0 Å². The number of rotatable bonds is 5. The molecule has 0 N–H and O–H groups in total. The third-order valence-corrected chi connectivity index (χ3v) is 13.6. The first-order chi connectivity index (χ1) is 30.3. The van der Waals surface area contributed by atoms with Crippen LogP contribution in [-0.4, -0.2) is 19.1 Å². The van der Waals surface area contributed by atoms with Crippen molar-refractivity contribution in [3.8, 4) is 45.0 Å². The zero-order valence-corrected chi connectivity index (χ0v) is 33.6. The topological polar surface area (TPSA) is 35.6 Å². The maximum absolute atomic E-state index is 5.26. The Kier molecular flexibility index (Phi) is 7.44. The van der Waals surface area contributed by atoms with E-state index in [2.05, 4.69) is 185 Å². The van der Waals surface area contributed by atoms with Gasteiger partial charge in [-0.3, -0.25) is 0 Å². The zero-order valence-electron chi connectivity index (χ0n) is 32.8. The maximum atomic E-state index is 5.26. The average molecular weight is 795 g/mol. The fourth-order valence-corrected chi connectivity index (χ4v) is 10.9. The third-order valence-electron chi connectivity index (χ3n) is 12.3. The predicted octanol–water partition coefficient (Wildman–Crippen LogP) is 15.2. The number of aromatic nitrogens is 4. The van der Waals surface area contributed by atoms with Crippen molar-refractivity contribution in [2.75, 3.05) is 0 Å². The van der Waals surface area contributed by atoms with E-state index in [0.29, 0.717) is 0 Å². The van der Waals surface area contributed by atoms with E-state index >= 15 is 0 Å². The second-order valence-electron chi connectivity index (χ2n) is 15.7. The normalized spacial score (nSPS) is 11.9. The highest BCUT2D eigenvalue weighted by atomic mass is 32.1. The molecule has 0 unspecified atom stereocenters. The Bertz CT molecular complexity index is 3880. The zero-order chi connectivity index (χ0) is 40.0. The van der Waals surface area contributed by atoms with Gasteiger partial charge in [0.2, 0.25) is 0 Å². The summed E-state index contributed by atoms with van der Waals surface area (Å²) in [5.74, 6) is 0. The molecule has 0 aliphatic heterocycles. The summed E-state index contributed by atoms with van der Waals surface area (Å²) >= 11 is 1.90. The third kappa shape index (κ3) is 5.18. The molecule has 9 aromatic carbocycles. The first-order valence-corrected chi connectivity index (χ1v) is 21.5. The van der Waals surface area contributed by atoms with E-state index in [9.17, 15) is 0 Å². The molecule has 0 saturated carbocycles. The van der Waals surface area contributed by atoms with Crippen molar-refractivity contribution < 1.29 is 0 Å². The van der Waals surface area contributed by atoms with Gasteiger partial charge in [0, 0.05) is 53.8 Å². The van der Waals surface area contributed by atoms with Crippen LogP contribution in [0.4, 0.5) is 0 Å². The van der Waals surface area contributed by atoms with E-state index in [1.165, 1.54) is 69.6 Å². The van der Waals surface area contributed by atoms with E-state index in [0.717, 1.165) is 50.3 Å². The molecular formula is C56H34N4S. The molecule has 0 aliphatic carbocycles. The molecule has 13 rings (SSSR count). The Hall–Kier alpha value is -7.86. The molecule has 0 atom stereocenters. The molecule has 4 nitrogen and oxygen atoms in total.